The maximum Gasteiger partial charge on any atom is 0.275 e. The van der Waals surface area contributed by atoms with Gasteiger partial charge in [0.2, 0.25) is 15.9 Å². The molecule has 1 aromatic heterocycles. The third-order valence-corrected chi connectivity index (χ3v) is 6.38. The number of anilines is 2. The van der Waals surface area contributed by atoms with E-state index in [0.717, 1.165) is 18.8 Å². The molecule has 1 N–H and O–H groups in total. The van der Waals surface area contributed by atoms with Crippen LogP contribution in [0, 0.1) is 6.92 Å². The number of piperazine rings is 1. The molecule has 1 aliphatic rings. The molecule has 1 amide bonds. The van der Waals surface area contributed by atoms with Gasteiger partial charge in [0.1, 0.15) is 12.2 Å². The second-order valence-electron chi connectivity index (χ2n) is 6.99. The number of sulfonamides is 1. The Labute approximate surface area is 170 Å². The first-order valence-electron chi connectivity index (χ1n) is 9.59. The summed E-state index contributed by atoms with van der Waals surface area (Å²) in [6, 6.07) is 13.1. The molecule has 1 aromatic carbocycles. The van der Waals surface area contributed by atoms with Crippen LogP contribution in [-0.4, -0.2) is 55.7 Å². The summed E-state index contributed by atoms with van der Waals surface area (Å²) in [4.78, 5) is 29.4. The lowest BCUT2D eigenvalue weighted by Gasteiger charge is -2.36. The molecule has 2 heterocycles. The number of carbonyl (C=O) groups is 1. The summed E-state index contributed by atoms with van der Waals surface area (Å²) in [6.07, 6.45) is 0. The molecule has 2 aromatic rings. The Balaban J connectivity index is 1.69. The first kappa shape index (κ1) is 20.9. The van der Waals surface area contributed by atoms with Crippen LogP contribution in [0.4, 0.5) is 11.4 Å². The predicted molar refractivity (Wildman–Crippen MR) is 114 cm³/mol. The van der Waals surface area contributed by atoms with Crippen molar-refractivity contribution in [3.8, 4) is 0 Å². The second-order valence-corrected chi connectivity index (χ2v) is 9.00. The van der Waals surface area contributed by atoms with Crippen molar-refractivity contribution in [2.45, 2.75) is 20.4 Å². The number of amides is 1. The van der Waals surface area contributed by atoms with E-state index in [1.807, 2.05) is 30.3 Å². The van der Waals surface area contributed by atoms with Gasteiger partial charge < -0.3 is 14.4 Å². The molecule has 1 saturated heterocycles. The molecule has 0 radical (unpaired) electrons. The third-order valence-electron chi connectivity index (χ3n) is 5.09. The molecule has 29 heavy (non-hydrogen) atoms. The van der Waals surface area contributed by atoms with Gasteiger partial charge in [0.15, 0.2) is 0 Å². The Morgan fingerprint density at radius 3 is 2.31 bits per heavy atom. The smallest absolute Gasteiger partial charge is 0.275 e. The molecule has 9 heteroatoms. The molecule has 0 aliphatic carbocycles. The largest absolute Gasteiger partial charge is 0.368 e. The van der Waals surface area contributed by atoms with Crippen molar-refractivity contribution in [1.29, 1.82) is 0 Å². The van der Waals surface area contributed by atoms with Gasteiger partial charge in [-0.2, -0.15) is 0 Å². The number of aromatic nitrogens is 1. The monoisotopic (exact) mass is 418 g/mol. The molecule has 0 unspecified atom stereocenters. The van der Waals surface area contributed by atoms with Gasteiger partial charge in [-0.1, -0.05) is 18.2 Å². The van der Waals surface area contributed by atoms with Gasteiger partial charge >= 0.3 is 0 Å². The quantitative estimate of drug-likeness (QED) is 0.763. The summed E-state index contributed by atoms with van der Waals surface area (Å²) in [6.45, 7) is 5.69. The minimum absolute atomic E-state index is 0.0425. The number of nitrogens with zero attached hydrogens (tertiary/aromatic N) is 3. The summed E-state index contributed by atoms with van der Waals surface area (Å²) in [5.41, 5.74) is 1.17. The van der Waals surface area contributed by atoms with Gasteiger partial charge in [0.05, 0.1) is 5.75 Å². The fourth-order valence-corrected chi connectivity index (χ4v) is 3.91. The zero-order valence-electron chi connectivity index (χ0n) is 16.7. The van der Waals surface area contributed by atoms with Crippen LogP contribution in [0.25, 0.3) is 0 Å². The summed E-state index contributed by atoms with van der Waals surface area (Å²) >= 11 is 0. The molecule has 0 atom stereocenters. The standard InChI is InChI=1S/C20H26N4O4S/c1-3-29(27,28)21-18-10-9-16(2)24(20(18)26)15-19(25)23-13-11-22(12-14-23)17-7-5-4-6-8-17/h4-10,21H,3,11-15H2,1-2H3. The molecular weight excluding hydrogens is 392 g/mol. The molecule has 0 spiro atoms. The van der Waals surface area contributed by atoms with Crippen LogP contribution >= 0.6 is 0 Å². The van der Waals surface area contributed by atoms with Gasteiger partial charge in [-0.25, -0.2) is 8.42 Å². The highest BCUT2D eigenvalue weighted by Gasteiger charge is 2.22. The van der Waals surface area contributed by atoms with Gasteiger partial charge in [-0.15, -0.1) is 0 Å². The summed E-state index contributed by atoms with van der Waals surface area (Å²) in [5, 5.41) is 0. The molecule has 1 aliphatic heterocycles. The van der Waals surface area contributed by atoms with Gasteiger partial charge in [-0.3, -0.25) is 14.3 Å². The average Bonchev–Trinajstić information content (AvgIpc) is 2.74. The minimum atomic E-state index is -3.57. The number of hydrogen-bond acceptors (Lipinski definition) is 5. The first-order valence-corrected chi connectivity index (χ1v) is 11.2. The minimum Gasteiger partial charge on any atom is -0.368 e. The van der Waals surface area contributed by atoms with Crippen LogP contribution in [0.15, 0.2) is 47.3 Å². The molecule has 1 fully saturated rings. The van der Waals surface area contributed by atoms with Crippen LogP contribution in [-0.2, 0) is 21.4 Å². The van der Waals surface area contributed by atoms with Crippen LogP contribution in [0.3, 0.4) is 0 Å². The van der Waals surface area contributed by atoms with Crippen molar-refractivity contribution in [3.63, 3.8) is 0 Å². The highest BCUT2D eigenvalue weighted by molar-refractivity contribution is 7.92. The first-order chi connectivity index (χ1) is 13.8. The summed E-state index contributed by atoms with van der Waals surface area (Å²) in [7, 11) is -3.57. The normalized spacial score (nSPS) is 14.7. The van der Waals surface area contributed by atoms with Crippen LogP contribution in [0.2, 0.25) is 0 Å². The van der Waals surface area contributed by atoms with Crippen molar-refractivity contribution in [1.82, 2.24) is 9.47 Å². The van der Waals surface area contributed by atoms with Crippen molar-refractivity contribution in [2.75, 3.05) is 41.6 Å². The third kappa shape index (κ3) is 4.97. The van der Waals surface area contributed by atoms with Crippen molar-refractivity contribution in [2.24, 2.45) is 0 Å². The van der Waals surface area contributed by atoms with E-state index in [2.05, 4.69) is 9.62 Å². The van der Waals surface area contributed by atoms with E-state index < -0.39 is 15.6 Å². The number of rotatable bonds is 6. The number of aryl methyl sites for hydroxylation is 1. The zero-order chi connectivity index (χ0) is 21.0. The second kappa shape index (κ2) is 8.69. The highest BCUT2D eigenvalue weighted by atomic mass is 32.2. The van der Waals surface area contributed by atoms with Crippen LogP contribution in [0.1, 0.15) is 12.6 Å². The molecule has 156 valence electrons. The van der Waals surface area contributed by atoms with Crippen molar-refractivity contribution < 1.29 is 13.2 Å². The van der Waals surface area contributed by atoms with Crippen molar-refractivity contribution in [3.05, 3.63) is 58.5 Å². The Hall–Kier alpha value is -2.81. The lowest BCUT2D eigenvalue weighted by molar-refractivity contribution is -0.132. The topological polar surface area (TPSA) is 91.7 Å². The van der Waals surface area contributed by atoms with E-state index in [9.17, 15) is 18.0 Å². The number of nitrogens with one attached hydrogen (secondary N) is 1. The summed E-state index contributed by atoms with van der Waals surface area (Å²) in [5.74, 6) is -0.288. The number of carbonyl (C=O) groups excluding carboxylic acids is 1. The number of benzene rings is 1. The number of hydrogen-bond donors (Lipinski definition) is 1. The lowest BCUT2D eigenvalue weighted by atomic mass is 10.2. The summed E-state index contributed by atoms with van der Waals surface area (Å²) < 4.78 is 27.2. The Morgan fingerprint density at radius 2 is 1.69 bits per heavy atom. The molecular formula is C20H26N4O4S. The van der Waals surface area contributed by atoms with E-state index in [1.54, 1.807) is 17.9 Å². The maximum absolute atomic E-state index is 12.8. The number of para-hydroxylation sites is 1. The van der Waals surface area contributed by atoms with Gasteiger partial charge in [0, 0.05) is 37.6 Å². The van der Waals surface area contributed by atoms with Crippen LogP contribution < -0.4 is 15.2 Å². The van der Waals surface area contributed by atoms with E-state index >= 15 is 0 Å². The Kier molecular flexibility index (Phi) is 6.26. The Morgan fingerprint density at radius 1 is 1.03 bits per heavy atom. The fourth-order valence-electron chi connectivity index (χ4n) is 3.27. The lowest BCUT2D eigenvalue weighted by Crippen LogP contribution is -2.50. The fraction of sp³-hybridized carbons (Fsp3) is 0.400. The maximum atomic E-state index is 12.8. The Bertz CT molecular complexity index is 1030. The average molecular weight is 419 g/mol. The molecule has 0 bridgehead atoms. The van der Waals surface area contributed by atoms with Gasteiger partial charge in [0.25, 0.3) is 5.56 Å². The van der Waals surface area contributed by atoms with E-state index in [4.69, 9.17) is 0 Å². The van der Waals surface area contributed by atoms with Crippen molar-refractivity contribution >= 4 is 27.3 Å². The van der Waals surface area contributed by atoms with E-state index in [0.29, 0.717) is 18.8 Å². The van der Waals surface area contributed by atoms with E-state index in [-0.39, 0.29) is 23.9 Å². The molecule has 8 nitrogen and oxygen atoms in total. The molecule has 0 saturated carbocycles. The zero-order valence-corrected chi connectivity index (χ0v) is 17.5. The highest BCUT2D eigenvalue weighted by Crippen LogP contribution is 2.16. The number of pyridine rings is 1. The predicted octanol–water partition coefficient (Wildman–Crippen LogP) is 1.27. The molecule has 3 rings (SSSR count). The van der Waals surface area contributed by atoms with Gasteiger partial charge in [-0.05, 0) is 38.1 Å². The van der Waals surface area contributed by atoms with E-state index in [1.165, 1.54) is 17.6 Å². The SMILES string of the molecule is CCS(=O)(=O)Nc1ccc(C)n(CC(=O)N2CCN(c3ccccc3)CC2)c1=O. The van der Waals surface area contributed by atoms with Crippen LogP contribution in [0.5, 0.6) is 0 Å².